The molecule has 0 aliphatic carbocycles. The van der Waals surface area contributed by atoms with Crippen LogP contribution in [-0.4, -0.2) is 43.2 Å². The van der Waals surface area contributed by atoms with Gasteiger partial charge in [0.15, 0.2) is 9.84 Å². The molecule has 1 fully saturated rings. The Labute approximate surface area is 119 Å². The highest BCUT2D eigenvalue weighted by molar-refractivity contribution is 7.91. The van der Waals surface area contributed by atoms with Crippen molar-refractivity contribution >= 4 is 9.84 Å². The van der Waals surface area contributed by atoms with Crippen molar-refractivity contribution in [2.45, 2.75) is 44.9 Å². The number of methoxy groups -OCH3 is 1. The van der Waals surface area contributed by atoms with E-state index in [0.717, 1.165) is 6.42 Å². The van der Waals surface area contributed by atoms with Gasteiger partial charge in [0, 0.05) is 13.2 Å². The average Bonchev–Trinajstić information content (AvgIpc) is 3.02. The van der Waals surface area contributed by atoms with Gasteiger partial charge in [-0.15, -0.1) is 0 Å². The molecule has 1 aromatic heterocycles. The zero-order valence-corrected chi connectivity index (χ0v) is 12.9. The van der Waals surface area contributed by atoms with Crippen LogP contribution in [0.25, 0.3) is 0 Å². The van der Waals surface area contributed by atoms with Gasteiger partial charge in [0.05, 0.1) is 18.1 Å². The minimum Gasteiger partial charge on any atom is -0.370 e. The molecule has 0 spiro atoms. The molecule has 2 rings (SSSR count). The molecule has 114 valence electrons. The SMILES string of the molecule is CCC(C)(OC)c1noc(CNC2CCS(=O)(=O)C2)n1. The van der Waals surface area contributed by atoms with Crippen LogP contribution in [0.2, 0.25) is 0 Å². The van der Waals surface area contributed by atoms with Crippen LogP contribution in [-0.2, 0) is 26.7 Å². The van der Waals surface area contributed by atoms with Crippen LogP contribution in [0.15, 0.2) is 4.52 Å². The molecule has 0 amide bonds. The maximum Gasteiger partial charge on any atom is 0.240 e. The summed E-state index contributed by atoms with van der Waals surface area (Å²) in [4.78, 5) is 4.31. The van der Waals surface area contributed by atoms with E-state index in [1.807, 2.05) is 13.8 Å². The van der Waals surface area contributed by atoms with E-state index in [2.05, 4.69) is 15.5 Å². The minimum atomic E-state index is -2.87. The number of hydrogen-bond donors (Lipinski definition) is 1. The number of ether oxygens (including phenoxy) is 1. The van der Waals surface area contributed by atoms with Gasteiger partial charge in [0.25, 0.3) is 0 Å². The van der Waals surface area contributed by atoms with Gasteiger partial charge in [-0.1, -0.05) is 12.1 Å². The van der Waals surface area contributed by atoms with Gasteiger partial charge in [-0.3, -0.25) is 0 Å². The second kappa shape index (κ2) is 5.79. The number of hydrogen-bond acceptors (Lipinski definition) is 7. The molecule has 0 aromatic carbocycles. The lowest BCUT2D eigenvalue weighted by Gasteiger charge is -2.21. The summed E-state index contributed by atoms with van der Waals surface area (Å²) in [6.45, 7) is 4.26. The summed E-state index contributed by atoms with van der Waals surface area (Å²) >= 11 is 0. The van der Waals surface area contributed by atoms with Gasteiger partial charge in [-0.05, 0) is 19.8 Å². The van der Waals surface area contributed by atoms with E-state index in [4.69, 9.17) is 9.26 Å². The fraction of sp³-hybridized carbons (Fsp3) is 0.833. The van der Waals surface area contributed by atoms with Crippen molar-refractivity contribution in [2.24, 2.45) is 0 Å². The van der Waals surface area contributed by atoms with Crippen LogP contribution < -0.4 is 5.32 Å². The Morgan fingerprint density at radius 1 is 1.55 bits per heavy atom. The Kier molecular flexibility index (Phi) is 4.46. The normalized spacial score (nSPS) is 24.6. The summed E-state index contributed by atoms with van der Waals surface area (Å²) < 4.78 is 33.3. The van der Waals surface area contributed by atoms with Crippen LogP contribution in [0.3, 0.4) is 0 Å². The summed E-state index contributed by atoms with van der Waals surface area (Å²) in [5.41, 5.74) is -0.557. The van der Waals surface area contributed by atoms with Gasteiger partial charge < -0.3 is 14.6 Å². The lowest BCUT2D eigenvalue weighted by Crippen LogP contribution is -2.29. The van der Waals surface area contributed by atoms with Crippen molar-refractivity contribution in [3.05, 3.63) is 11.7 Å². The van der Waals surface area contributed by atoms with Gasteiger partial charge in [-0.2, -0.15) is 4.98 Å². The average molecular weight is 303 g/mol. The fourth-order valence-electron chi connectivity index (χ4n) is 2.12. The number of nitrogens with one attached hydrogen (secondary N) is 1. The van der Waals surface area contributed by atoms with Crippen LogP contribution >= 0.6 is 0 Å². The topological polar surface area (TPSA) is 94.3 Å². The maximum atomic E-state index is 11.4. The van der Waals surface area contributed by atoms with Crippen LogP contribution in [0, 0.1) is 0 Å². The van der Waals surface area contributed by atoms with Crippen LogP contribution in [0.1, 0.15) is 38.4 Å². The second-order valence-corrected chi connectivity index (χ2v) is 7.51. The number of aromatic nitrogens is 2. The zero-order valence-electron chi connectivity index (χ0n) is 12.0. The van der Waals surface area contributed by atoms with E-state index in [1.54, 1.807) is 7.11 Å². The smallest absolute Gasteiger partial charge is 0.240 e. The Morgan fingerprint density at radius 3 is 2.85 bits per heavy atom. The molecule has 0 radical (unpaired) electrons. The number of rotatable bonds is 6. The molecule has 8 heteroatoms. The first-order valence-electron chi connectivity index (χ1n) is 6.70. The molecule has 1 saturated heterocycles. The highest BCUT2D eigenvalue weighted by Crippen LogP contribution is 2.25. The third-order valence-electron chi connectivity index (χ3n) is 3.84. The summed E-state index contributed by atoms with van der Waals surface area (Å²) in [6.07, 6.45) is 1.37. The van der Waals surface area contributed by atoms with Gasteiger partial charge in [0.1, 0.15) is 5.60 Å². The summed E-state index contributed by atoms with van der Waals surface area (Å²) in [5.74, 6) is 1.38. The highest BCUT2D eigenvalue weighted by atomic mass is 32.2. The van der Waals surface area contributed by atoms with E-state index < -0.39 is 15.4 Å². The first-order chi connectivity index (χ1) is 9.38. The van der Waals surface area contributed by atoms with Gasteiger partial charge in [-0.25, -0.2) is 8.42 Å². The summed E-state index contributed by atoms with van der Waals surface area (Å²) in [7, 11) is -1.26. The van der Waals surface area contributed by atoms with Crippen molar-refractivity contribution < 1.29 is 17.7 Å². The van der Waals surface area contributed by atoms with Crippen LogP contribution in [0.4, 0.5) is 0 Å². The maximum absolute atomic E-state index is 11.4. The van der Waals surface area contributed by atoms with Crippen molar-refractivity contribution in [3.8, 4) is 0 Å². The van der Waals surface area contributed by atoms with Gasteiger partial charge in [0.2, 0.25) is 11.7 Å². The molecule has 0 saturated carbocycles. The standard InChI is InChI=1S/C12H21N3O4S/c1-4-12(2,18-3)11-14-10(19-15-11)7-13-9-5-6-20(16,17)8-9/h9,13H,4-8H2,1-3H3. The Morgan fingerprint density at radius 2 is 2.30 bits per heavy atom. The molecule has 0 bridgehead atoms. The van der Waals surface area contributed by atoms with E-state index in [0.29, 0.717) is 24.7 Å². The Bertz CT molecular complexity index is 551. The van der Waals surface area contributed by atoms with Crippen molar-refractivity contribution in [3.63, 3.8) is 0 Å². The molecule has 7 nitrogen and oxygen atoms in total. The van der Waals surface area contributed by atoms with Crippen molar-refractivity contribution in [2.75, 3.05) is 18.6 Å². The molecular weight excluding hydrogens is 282 g/mol. The molecule has 1 N–H and O–H groups in total. The third-order valence-corrected chi connectivity index (χ3v) is 5.61. The number of sulfone groups is 1. The molecule has 1 aliphatic heterocycles. The molecule has 1 aromatic rings. The second-order valence-electron chi connectivity index (χ2n) is 5.28. The highest BCUT2D eigenvalue weighted by Gasteiger charge is 2.31. The fourth-order valence-corrected chi connectivity index (χ4v) is 3.83. The lowest BCUT2D eigenvalue weighted by atomic mass is 10.0. The zero-order chi connectivity index (χ0) is 14.8. The van der Waals surface area contributed by atoms with E-state index in [-0.39, 0.29) is 17.5 Å². The molecule has 1 aliphatic rings. The lowest BCUT2D eigenvalue weighted by molar-refractivity contribution is -0.0106. The Balaban J connectivity index is 1.94. The summed E-state index contributed by atoms with van der Waals surface area (Å²) in [5, 5.41) is 7.07. The van der Waals surface area contributed by atoms with Crippen LogP contribution in [0.5, 0.6) is 0 Å². The molecule has 2 heterocycles. The van der Waals surface area contributed by atoms with E-state index >= 15 is 0 Å². The van der Waals surface area contributed by atoms with Crippen molar-refractivity contribution in [1.29, 1.82) is 0 Å². The third kappa shape index (κ3) is 3.36. The molecule has 2 atom stereocenters. The monoisotopic (exact) mass is 303 g/mol. The predicted octanol–water partition coefficient (Wildman–Crippen LogP) is 0.618. The van der Waals surface area contributed by atoms with Crippen molar-refractivity contribution in [1.82, 2.24) is 15.5 Å². The molecule has 20 heavy (non-hydrogen) atoms. The van der Waals surface area contributed by atoms with Gasteiger partial charge >= 0.3 is 0 Å². The predicted molar refractivity (Wildman–Crippen MR) is 72.8 cm³/mol. The van der Waals surface area contributed by atoms with E-state index in [1.165, 1.54) is 0 Å². The number of nitrogens with zero attached hydrogens (tertiary/aromatic N) is 2. The quantitative estimate of drug-likeness (QED) is 0.823. The first kappa shape index (κ1) is 15.4. The largest absolute Gasteiger partial charge is 0.370 e. The van der Waals surface area contributed by atoms with E-state index in [9.17, 15) is 8.42 Å². The minimum absolute atomic E-state index is 0.0321. The Hall–Kier alpha value is -0.990. The summed E-state index contributed by atoms with van der Waals surface area (Å²) in [6, 6.07) is -0.0321. The molecular formula is C12H21N3O4S. The molecule has 2 unspecified atom stereocenters. The first-order valence-corrected chi connectivity index (χ1v) is 8.52.